The number of aliphatic hydroxyl groups is 1. The molecule has 3 heteroatoms. The van der Waals surface area contributed by atoms with Crippen molar-refractivity contribution in [3.63, 3.8) is 0 Å². The zero-order valence-electron chi connectivity index (χ0n) is 8.82. The average molecular weight is 199 g/mol. The van der Waals surface area contributed by atoms with E-state index in [0.717, 1.165) is 32.7 Å². The second-order valence-electron chi connectivity index (χ2n) is 4.45. The van der Waals surface area contributed by atoms with Crippen molar-refractivity contribution in [1.82, 2.24) is 4.90 Å². The van der Waals surface area contributed by atoms with E-state index in [1.54, 1.807) is 0 Å². The van der Waals surface area contributed by atoms with Crippen LogP contribution in [0, 0.1) is 0 Å². The first-order valence-electron chi connectivity index (χ1n) is 5.88. The third-order valence-corrected chi connectivity index (χ3v) is 3.40. The van der Waals surface area contributed by atoms with Gasteiger partial charge in [-0.3, -0.25) is 4.90 Å². The summed E-state index contributed by atoms with van der Waals surface area (Å²) in [7, 11) is 0. The predicted octanol–water partition coefficient (Wildman–Crippen LogP) is 1.01. The number of aliphatic hydroxyl groups excluding tert-OH is 1. The third-order valence-electron chi connectivity index (χ3n) is 3.40. The molecular formula is C11H21NO2. The fourth-order valence-electron chi connectivity index (χ4n) is 2.49. The quantitative estimate of drug-likeness (QED) is 0.684. The number of rotatable bonds is 1. The number of hydrogen-bond donors (Lipinski definition) is 1. The van der Waals surface area contributed by atoms with Crippen LogP contribution in [-0.2, 0) is 4.74 Å². The van der Waals surface area contributed by atoms with Crippen molar-refractivity contribution in [3.05, 3.63) is 0 Å². The van der Waals surface area contributed by atoms with Crippen LogP contribution >= 0.6 is 0 Å². The van der Waals surface area contributed by atoms with Gasteiger partial charge in [-0.15, -0.1) is 0 Å². The highest BCUT2D eigenvalue weighted by atomic mass is 16.5. The Hall–Kier alpha value is -0.120. The van der Waals surface area contributed by atoms with Crippen molar-refractivity contribution < 1.29 is 9.84 Å². The summed E-state index contributed by atoms with van der Waals surface area (Å²) >= 11 is 0. The lowest BCUT2D eigenvalue weighted by molar-refractivity contribution is -0.0603. The summed E-state index contributed by atoms with van der Waals surface area (Å²) in [5, 5.41) is 9.89. The molecule has 2 atom stereocenters. The van der Waals surface area contributed by atoms with Crippen molar-refractivity contribution in [2.45, 2.75) is 44.2 Å². The zero-order valence-corrected chi connectivity index (χ0v) is 8.82. The molecule has 2 rings (SSSR count). The van der Waals surface area contributed by atoms with Gasteiger partial charge in [0.1, 0.15) is 0 Å². The topological polar surface area (TPSA) is 32.7 Å². The van der Waals surface area contributed by atoms with E-state index in [1.807, 2.05) is 0 Å². The van der Waals surface area contributed by atoms with E-state index in [-0.39, 0.29) is 12.1 Å². The molecule has 2 saturated heterocycles. The first kappa shape index (κ1) is 10.4. The van der Waals surface area contributed by atoms with Crippen molar-refractivity contribution >= 4 is 0 Å². The predicted molar refractivity (Wildman–Crippen MR) is 55.3 cm³/mol. The van der Waals surface area contributed by atoms with Gasteiger partial charge < -0.3 is 9.84 Å². The van der Waals surface area contributed by atoms with Gasteiger partial charge in [0.15, 0.2) is 0 Å². The second kappa shape index (κ2) is 5.10. The zero-order chi connectivity index (χ0) is 9.80. The van der Waals surface area contributed by atoms with Gasteiger partial charge in [-0.1, -0.05) is 12.8 Å². The number of ether oxygens (including phenoxy) is 1. The van der Waals surface area contributed by atoms with Crippen LogP contribution in [0.25, 0.3) is 0 Å². The molecular weight excluding hydrogens is 178 g/mol. The lowest BCUT2D eigenvalue weighted by Crippen LogP contribution is -2.50. The molecule has 2 heterocycles. The van der Waals surface area contributed by atoms with Gasteiger partial charge >= 0.3 is 0 Å². The van der Waals surface area contributed by atoms with Crippen molar-refractivity contribution in [2.75, 3.05) is 26.3 Å². The van der Waals surface area contributed by atoms with E-state index in [1.165, 1.54) is 25.7 Å². The van der Waals surface area contributed by atoms with Gasteiger partial charge in [0, 0.05) is 6.61 Å². The Kier molecular flexibility index (Phi) is 3.79. The monoisotopic (exact) mass is 199 g/mol. The highest BCUT2D eigenvalue weighted by molar-refractivity contribution is 4.82. The van der Waals surface area contributed by atoms with Crippen LogP contribution < -0.4 is 0 Å². The summed E-state index contributed by atoms with van der Waals surface area (Å²) in [6.45, 7) is 3.74. The Labute approximate surface area is 86.0 Å². The smallest absolute Gasteiger partial charge is 0.0739 e. The van der Waals surface area contributed by atoms with Crippen LogP contribution in [0.2, 0.25) is 0 Å². The molecule has 0 spiro atoms. The minimum absolute atomic E-state index is 0.165. The molecule has 0 radical (unpaired) electrons. The highest BCUT2D eigenvalue weighted by Crippen LogP contribution is 2.18. The van der Waals surface area contributed by atoms with E-state index in [2.05, 4.69) is 4.90 Å². The lowest BCUT2D eigenvalue weighted by Gasteiger charge is -2.36. The molecule has 0 aromatic rings. The van der Waals surface area contributed by atoms with E-state index >= 15 is 0 Å². The minimum atomic E-state index is -0.165. The van der Waals surface area contributed by atoms with E-state index in [0.29, 0.717) is 0 Å². The highest BCUT2D eigenvalue weighted by Gasteiger charge is 2.29. The van der Waals surface area contributed by atoms with Crippen molar-refractivity contribution in [1.29, 1.82) is 0 Å². The SMILES string of the molecule is OC1CCOCC1N1CCCCCC1. The van der Waals surface area contributed by atoms with E-state index < -0.39 is 0 Å². The van der Waals surface area contributed by atoms with Gasteiger partial charge in [-0.2, -0.15) is 0 Å². The second-order valence-corrected chi connectivity index (χ2v) is 4.45. The Morgan fingerprint density at radius 1 is 1.07 bits per heavy atom. The Morgan fingerprint density at radius 2 is 1.79 bits per heavy atom. The summed E-state index contributed by atoms with van der Waals surface area (Å²) in [5.74, 6) is 0. The molecule has 0 saturated carbocycles. The van der Waals surface area contributed by atoms with E-state index in [4.69, 9.17) is 4.74 Å². The summed E-state index contributed by atoms with van der Waals surface area (Å²) in [5.41, 5.74) is 0. The van der Waals surface area contributed by atoms with E-state index in [9.17, 15) is 5.11 Å². The molecule has 0 bridgehead atoms. The maximum absolute atomic E-state index is 9.89. The number of hydrogen-bond acceptors (Lipinski definition) is 3. The number of likely N-dealkylation sites (tertiary alicyclic amines) is 1. The fourth-order valence-corrected chi connectivity index (χ4v) is 2.49. The average Bonchev–Trinajstić information content (AvgIpc) is 2.47. The molecule has 2 fully saturated rings. The Morgan fingerprint density at radius 3 is 2.43 bits per heavy atom. The standard InChI is InChI=1S/C11H21NO2/c13-11-5-8-14-9-10(11)12-6-3-1-2-4-7-12/h10-11,13H,1-9H2. The fraction of sp³-hybridized carbons (Fsp3) is 1.00. The molecule has 2 unspecified atom stereocenters. The first-order chi connectivity index (χ1) is 6.88. The first-order valence-corrected chi connectivity index (χ1v) is 5.88. The molecule has 0 aromatic carbocycles. The Balaban J connectivity index is 1.90. The molecule has 14 heavy (non-hydrogen) atoms. The van der Waals surface area contributed by atoms with Crippen LogP contribution in [0.5, 0.6) is 0 Å². The molecule has 0 aromatic heterocycles. The van der Waals surface area contributed by atoms with Crippen LogP contribution in [0.1, 0.15) is 32.1 Å². The minimum Gasteiger partial charge on any atom is -0.391 e. The summed E-state index contributed by atoms with van der Waals surface area (Å²) in [6, 6.07) is 0.266. The molecule has 3 nitrogen and oxygen atoms in total. The number of nitrogens with zero attached hydrogens (tertiary/aromatic N) is 1. The largest absolute Gasteiger partial charge is 0.391 e. The normalized spacial score (nSPS) is 36.6. The van der Waals surface area contributed by atoms with Crippen LogP contribution in [0.15, 0.2) is 0 Å². The van der Waals surface area contributed by atoms with Crippen LogP contribution in [-0.4, -0.2) is 48.5 Å². The van der Waals surface area contributed by atoms with Crippen molar-refractivity contribution in [3.8, 4) is 0 Å². The maximum atomic E-state index is 9.89. The third kappa shape index (κ3) is 2.47. The summed E-state index contributed by atoms with van der Waals surface area (Å²) in [4.78, 5) is 2.43. The Bertz CT molecular complexity index is 167. The lowest BCUT2D eigenvalue weighted by atomic mass is 10.0. The molecule has 2 aliphatic heterocycles. The summed E-state index contributed by atoms with van der Waals surface area (Å²) in [6.07, 6.45) is 5.90. The molecule has 82 valence electrons. The molecule has 1 N–H and O–H groups in total. The van der Waals surface area contributed by atoms with Gasteiger partial charge in [-0.05, 0) is 32.4 Å². The van der Waals surface area contributed by atoms with Crippen molar-refractivity contribution in [2.24, 2.45) is 0 Å². The van der Waals surface area contributed by atoms with Gasteiger partial charge in [-0.25, -0.2) is 0 Å². The summed E-state index contributed by atoms with van der Waals surface area (Å²) < 4.78 is 5.44. The molecule has 2 aliphatic rings. The van der Waals surface area contributed by atoms with Gasteiger partial charge in [0.25, 0.3) is 0 Å². The molecule has 0 amide bonds. The molecule has 0 aliphatic carbocycles. The van der Waals surface area contributed by atoms with Crippen LogP contribution in [0.4, 0.5) is 0 Å². The maximum Gasteiger partial charge on any atom is 0.0739 e. The van der Waals surface area contributed by atoms with Crippen LogP contribution in [0.3, 0.4) is 0 Å². The van der Waals surface area contributed by atoms with Gasteiger partial charge in [0.05, 0.1) is 18.8 Å². The van der Waals surface area contributed by atoms with Gasteiger partial charge in [0.2, 0.25) is 0 Å².